The SMILES string of the molecule is CCNS(=O)(=O)c1ccc(NC(=O)C(F)(F)F)cc1. The lowest BCUT2D eigenvalue weighted by Crippen LogP contribution is -2.30. The molecule has 0 fully saturated rings. The molecule has 1 rings (SSSR count). The second-order valence-electron chi connectivity index (χ2n) is 3.48. The third-order valence-electron chi connectivity index (χ3n) is 2.01. The molecule has 1 amide bonds. The maximum atomic E-state index is 12.0. The first-order chi connectivity index (χ1) is 8.66. The van der Waals surface area contributed by atoms with Gasteiger partial charge in [-0.2, -0.15) is 13.2 Å². The van der Waals surface area contributed by atoms with Gasteiger partial charge >= 0.3 is 12.1 Å². The molecule has 0 heterocycles. The lowest BCUT2D eigenvalue weighted by molar-refractivity contribution is -0.167. The minimum Gasteiger partial charge on any atom is -0.318 e. The number of hydrogen-bond acceptors (Lipinski definition) is 3. The average Bonchev–Trinajstić information content (AvgIpc) is 2.28. The molecule has 0 saturated carbocycles. The summed E-state index contributed by atoms with van der Waals surface area (Å²) in [4.78, 5) is 10.6. The van der Waals surface area contributed by atoms with Crippen molar-refractivity contribution in [2.45, 2.75) is 18.0 Å². The van der Waals surface area contributed by atoms with Crippen LogP contribution in [0, 0.1) is 0 Å². The molecule has 0 atom stereocenters. The van der Waals surface area contributed by atoms with Crippen LogP contribution in [0.15, 0.2) is 29.2 Å². The van der Waals surface area contributed by atoms with Gasteiger partial charge in [-0.1, -0.05) is 6.92 Å². The molecule has 0 bridgehead atoms. The normalized spacial score (nSPS) is 12.2. The van der Waals surface area contributed by atoms with Crippen molar-refractivity contribution in [2.24, 2.45) is 0 Å². The van der Waals surface area contributed by atoms with Crippen LogP contribution < -0.4 is 10.0 Å². The molecule has 9 heteroatoms. The quantitative estimate of drug-likeness (QED) is 0.884. The summed E-state index contributed by atoms with van der Waals surface area (Å²) in [5.74, 6) is -2.12. The van der Waals surface area contributed by atoms with E-state index in [9.17, 15) is 26.4 Å². The summed E-state index contributed by atoms with van der Waals surface area (Å²) in [7, 11) is -3.67. The van der Waals surface area contributed by atoms with E-state index in [4.69, 9.17) is 0 Å². The molecule has 1 aromatic carbocycles. The molecular formula is C10H11F3N2O3S. The number of anilines is 1. The van der Waals surface area contributed by atoms with E-state index in [2.05, 4.69) is 4.72 Å². The van der Waals surface area contributed by atoms with Gasteiger partial charge in [-0.15, -0.1) is 0 Å². The highest BCUT2D eigenvalue weighted by molar-refractivity contribution is 7.89. The minimum absolute atomic E-state index is 0.0978. The average molecular weight is 296 g/mol. The zero-order valence-corrected chi connectivity index (χ0v) is 10.6. The lowest BCUT2D eigenvalue weighted by Gasteiger charge is -2.09. The summed E-state index contributed by atoms with van der Waals surface area (Å²) in [6.45, 7) is 1.78. The zero-order valence-electron chi connectivity index (χ0n) is 9.78. The minimum atomic E-state index is -4.99. The Kier molecular flexibility index (Phi) is 4.53. The van der Waals surface area contributed by atoms with E-state index in [1.165, 1.54) is 0 Å². The third-order valence-corrected chi connectivity index (χ3v) is 3.58. The van der Waals surface area contributed by atoms with Gasteiger partial charge in [0, 0.05) is 12.2 Å². The van der Waals surface area contributed by atoms with E-state index in [1.54, 1.807) is 12.2 Å². The van der Waals surface area contributed by atoms with Crippen molar-refractivity contribution in [3.05, 3.63) is 24.3 Å². The molecule has 0 aliphatic carbocycles. The monoisotopic (exact) mass is 296 g/mol. The fourth-order valence-corrected chi connectivity index (χ4v) is 2.23. The van der Waals surface area contributed by atoms with Gasteiger partial charge in [-0.25, -0.2) is 13.1 Å². The standard InChI is InChI=1S/C10H11F3N2O3S/c1-2-14-19(17,18)8-5-3-7(4-6-8)15-9(16)10(11,12)13/h3-6,14H,2H2,1H3,(H,15,16). The van der Waals surface area contributed by atoms with Crippen molar-refractivity contribution in [3.63, 3.8) is 0 Å². The van der Waals surface area contributed by atoms with Crippen molar-refractivity contribution >= 4 is 21.6 Å². The predicted molar refractivity (Wildman–Crippen MR) is 62.0 cm³/mol. The smallest absolute Gasteiger partial charge is 0.318 e. The Bertz CT molecular complexity index is 552. The highest BCUT2D eigenvalue weighted by atomic mass is 32.2. The van der Waals surface area contributed by atoms with Crippen LogP contribution in [0.1, 0.15) is 6.92 Å². The van der Waals surface area contributed by atoms with Crippen molar-refractivity contribution in [2.75, 3.05) is 11.9 Å². The van der Waals surface area contributed by atoms with Crippen LogP contribution >= 0.6 is 0 Å². The first-order valence-corrected chi connectivity index (χ1v) is 6.63. The maximum Gasteiger partial charge on any atom is 0.471 e. The van der Waals surface area contributed by atoms with E-state index in [0.717, 1.165) is 24.3 Å². The van der Waals surface area contributed by atoms with Gasteiger partial charge in [0.2, 0.25) is 10.0 Å². The van der Waals surface area contributed by atoms with Crippen molar-refractivity contribution in [1.82, 2.24) is 4.72 Å². The largest absolute Gasteiger partial charge is 0.471 e. The number of amides is 1. The number of nitrogens with one attached hydrogen (secondary N) is 2. The fraction of sp³-hybridized carbons (Fsp3) is 0.300. The molecule has 2 N–H and O–H groups in total. The molecule has 0 aromatic heterocycles. The first kappa shape index (κ1) is 15.4. The van der Waals surface area contributed by atoms with Crippen LogP contribution in [0.4, 0.5) is 18.9 Å². The van der Waals surface area contributed by atoms with Crippen LogP contribution in [-0.4, -0.2) is 27.0 Å². The predicted octanol–water partition coefficient (Wildman–Crippen LogP) is 1.49. The molecule has 0 spiro atoms. The molecule has 19 heavy (non-hydrogen) atoms. The lowest BCUT2D eigenvalue weighted by atomic mass is 10.3. The van der Waals surface area contributed by atoms with Gasteiger partial charge < -0.3 is 5.32 Å². The molecule has 106 valence electrons. The number of rotatable bonds is 4. The Morgan fingerprint density at radius 2 is 1.74 bits per heavy atom. The highest BCUT2D eigenvalue weighted by Gasteiger charge is 2.38. The number of hydrogen-bond donors (Lipinski definition) is 2. The Balaban J connectivity index is 2.86. The van der Waals surface area contributed by atoms with Gasteiger partial charge in [0.1, 0.15) is 0 Å². The number of carbonyl (C=O) groups excluding carboxylic acids is 1. The van der Waals surface area contributed by atoms with Gasteiger partial charge in [0.05, 0.1) is 4.90 Å². The molecule has 1 aromatic rings. The second kappa shape index (κ2) is 5.57. The number of halogens is 3. The van der Waals surface area contributed by atoms with Crippen LogP contribution in [0.3, 0.4) is 0 Å². The Labute approximate surface area is 107 Å². The first-order valence-electron chi connectivity index (χ1n) is 5.14. The number of sulfonamides is 1. The van der Waals surface area contributed by atoms with E-state index in [0.29, 0.717) is 0 Å². The maximum absolute atomic E-state index is 12.0. The van der Waals surface area contributed by atoms with E-state index < -0.39 is 22.1 Å². The fourth-order valence-electron chi connectivity index (χ4n) is 1.19. The summed E-state index contributed by atoms with van der Waals surface area (Å²) >= 11 is 0. The molecule has 0 aliphatic rings. The highest BCUT2D eigenvalue weighted by Crippen LogP contribution is 2.19. The van der Waals surface area contributed by atoms with E-state index in [-0.39, 0.29) is 17.1 Å². The Hall–Kier alpha value is -1.61. The molecular weight excluding hydrogens is 285 g/mol. The Morgan fingerprint density at radius 1 is 1.21 bits per heavy atom. The zero-order chi connectivity index (χ0) is 14.7. The van der Waals surface area contributed by atoms with Gasteiger partial charge in [-0.05, 0) is 24.3 Å². The molecule has 0 unspecified atom stereocenters. The summed E-state index contributed by atoms with van der Waals surface area (Å²) in [5.41, 5.74) is -0.141. The topological polar surface area (TPSA) is 75.3 Å². The van der Waals surface area contributed by atoms with E-state index in [1.807, 2.05) is 0 Å². The van der Waals surface area contributed by atoms with E-state index >= 15 is 0 Å². The third kappa shape index (κ3) is 4.21. The summed E-state index contributed by atoms with van der Waals surface area (Å²) in [6, 6.07) is 4.36. The molecule has 0 aliphatic heterocycles. The molecule has 0 saturated heterocycles. The molecule has 0 radical (unpaired) electrons. The molecule has 5 nitrogen and oxygen atoms in total. The Morgan fingerprint density at radius 3 is 2.16 bits per heavy atom. The summed E-state index contributed by atoms with van der Waals surface area (Å²) in [6.07, 6.45) is -4.99. The van der Waals surface area contributed by atoms with Crippen LogP contribution in [0.5, 0.6) is 0 Å². The number of alkyl halides is 3. The van der Waals surface area contributed by atoms with Crippen LogP contribution in [0.2, 0.25) is 0 Å². The van der Waals surface area contributed by atoms with Crippen LogP contribution in [0.25, 0.3) is 0 Å². The number of benzene rings is 1. The van der Waals surface area contributed by atoms with Crippen molar-refractivity contribution in [3.8, 4) is 0 Å². The van der Waals surface area contributed by atoms with Crippen molar-refractivity contribution < 1.29 is 26.4 Å². The van der Waals surface area contributed by atoms with Crippen LogP contribution in [-0.2, 0) is 14.8 Å². The summed E-state index contributed by atoms with van der Waals surface area (Å²) in [5, 5.41) is 1.61. The van der Waals surface area contributed by atoms with Gasteiger partial charge in [0.15, 0.2) is 0 Å². The van der Waals surface area contributed by atoms with Gasteiger partial charge in [0.25, 0.3) is 0 Å². The second-order valence-corrected chi connectivity index (χ2v) is 5.24. The van der Waals surface area contributed by atoms with Gasteiger partial charge in [-0.3, -0.25) is 4.79 Å². The number of carbonyl (C=O) groups is 1. The summed E-state index contributed by atoms with van der Waals surface area (Å²) < 4.78 is 61.3. The van der Waals surface area contributed by atoms with Crippen molar-refractivity contribution in [1.29, 1.82) is 0 Å².